The molecule has 2 aromatic carbocycles. The zero-order chi connectivity index (χ0) is 24.6. The van der Waals surface area contributed by atoms with Crippen molar-refractivity contribution in [3.63, 3.8) is 0 Å². The van der Waals surface area contributed by atoms with Crippen LogP contribution in [-0.4, -0.2) is 21.0 Å². The molecule has 4 rings (SSSR count). The van der Waals surface area contributed by atoms with E-state index in [1.807, 2.05) is 37.7 Å². The SMILES string of the molecule is CCCn1c(C)c(CCCOc2cc(C)c(Cl)c(C)c2)c2cccc(-c3c(C)nn(C)c3C)c21. The van der Waals surface area contributed by atoms with E-state index >= 15 is 0 Å². The van der Waals surface area contributed by atoms with Gasteiger partial charge in [-0.05, 0) is 82.7 Å². The maximum absolute atomic E-state index is 6.31. The molecule has 0 saturated heterocycles. The lowest BCUT2D eigenvalue weighted by molar-refractivity contribution is 0.310. The lowest BCUT2D eigenvalue weighted by Crippen LogP contribution is -2.03. The summed E-state index contributed by atoms with van der Waals surface area (Å²) in [5.41, 5.74) is 11.1. The van der Waals surface area contributed by atoms with Gasteiger partial charge in [0.05, 0.1) is 17.8 Å². The molecule has 0 N–H and O–H groups in total. The fourth-order valence-corrected chi connectivity index (χ4v) is 5.32. The highest BCUT2D eigenvalue weighted by Gasteiger charge is 2.20. The average molecular weight is 478 g/mol. The first kappa shape index (κ1) is 24.4. The van der Waals surface area contributed by atoms with E-state index in [0.717, 1.165) is 53.4 Å². The molecule has 0 atom stereocenters. The van der Waals surface area contributed by atoms with E-state index in [1.165, 1.54) is 39.0 Å². The molecule has 0 amide bonds. The molecule has 0 bridgehead atoms. The van der Waals surface area contributed by atoms with Gasteiger partial charge in [-0.2, -0.15) is 5.10 Å². The molecule has 0 aliphatic rings. The van der Waals surface area contributed by atoms with Crippen LogP contribution in [0, 0.1) is 34.6 Å². The molecule has 0 radical (unpaired) electrons. The van der Waals surface area contributed by atoms with Crippen molar-refractivity contribution in [3.05, 3.63) is 69.1 Å². The zero-order valence-electron chi connectivity index (χ0n) is 21.6. The summed E-state index contributed by atoms with van der Waals surface area (Å²) in [5.74, 6) is 0.898. The van der Waals surface area contributed by atoms with Gasteiger partial charge in [0.25, 0.3) is 0 Å². The summed E-state index contributed by atoms with van der Waals surface area (Å²) in [6.45, 7) is 14.5. The van der Waals surface area contributed by atoms with Crippen molar-refractivity contribution in [2.75, 3.05) is 6.61 Å². The second-order valence-electron chi connectivity index (χ2n) is 9.41. The maximum Gasteiger partial charge on any atom is 0.119 e. The summed E-state index contributed by atoms with van der Waals surface area (Å²) >= 11 is 6.31. The predicted molar refractivity (Wildman–Crippen MR) is 143 cm³/mol. The van der Waals surface area contributed by atoms with Gasteiger partial charge in [0.1, 0.15) is 5.75 Å². The van der Waals surface area contributed by atoms with Crippen LogP contribution in [-0.2, 0) is 20.0 Å². The van der Waals surface area contributed by atoms with Gasteiger partial charge in [0, 0.05) is 46.5 Å². The van der Waals surface area contributed by atoms with E-state index in [-0.39, 0.29) is 0 Å². The fraction of sp³-hybridized carbons (Fsp3) is 0.414. The quantitative estimate of drug-likeness (QED) is 0.244. The van der Waals surface area contributed by atoms with Crippen LogP contribution in [0.1, 0.15) is 53.5 Å². The normalized spacial score (nSPS) is 11.5. The Morgan fingerprint density at radius 3 is 2.32 bits per heavy atom. The Balaban J connectivity index is 1.65. The van der Waals surface area contributed by atoms with E-state index < -0.39 is 0 Å². The number of hydrogen-bond donors (Lipinski definition) is 0. The molecule has 0 unspecified atom stereocenters. The summed E-state index contributed by atoms with van der Waals surface area (Å²) < 4.78 is 10.6. The second-order valence-corrected chi connectivity index (χ2v) is 9.79. The van der Waals surface area contributed by atoms with E-state index in [1.54, 1.807) is 0 Å². The van der Waals surface area contributed by atoms with E-state index in [2.05, 4.69) is 55.6 Å². The molecule has 0 fully saturated rings. The summed E-state index contributed by atoms with van der Waals surface area (Å²) in [7, 11) is 2.03. The molecule has 0 spiro atoms. The number of rotatable bonds is 8. The van der Waals surface area contributed by atoms with Gasteiger partial charge < -0.3 is 9.30 Å². The highest BCUT2D eigenvalue weighted by molar-refractivity contribution is 6.32. The molecule has 5 heteroatoms. The maximum atomic E-state index is 6.31. The van der Waals surface area contributed by atoms with E-state index in [4.69, 9.17) is 16.3 Å². The largest absolute Gasteiger partial charge is 0.494 e. The number of aryl methyl sites for hydroxylation is 6. The molecule has 180 valence electrons. The van der Waals surface area contributed by atoms with Crippen molar-refractivity contribution in [1.82, 2.24) is 14.3 Å². The Bertz CT molecular complexity index is 1320. The number of para-hydroxylation sites is 1. The molecule has 2 aromatic heterocycles. The van der Waals surface area contributed by atoms with Gasteiger partial charge in [0.15, 0.2) is 0 Å². The van der Waals surface area contributed by atoms with Gasteiger partial charge in [0.2, 0.25) is 0 Å². The Hall–Kier alpha value is -2.72. The standard InChI is InChI=1S/C29H36ClN3O/c1-8-14-33-21(5)24(13-10-15-34-23-16-18(2)28(30)19(3)17-23)25-11-9-12-26(29(25)33)27-20(4)31-32(7)22(27)6/h9,11-12,16-17H,8,10,13-15H2,1-7H3. The molecule has 4 aromatic rings. The zero-order valence-corrected chi connectivity index (χ0v) is 22.3. The predicted octanol–water partition coefficient (Wildman–Crippen LogP) is 7.66. The van der Waals surface area contributed by atoms with Crippen LogP contribution in [0.5, 0.6) is 5.75 Å². The highest BCUT2D eigenvalue weighted by atomic mass is 35.5. The highest BCUT2D eigenvalue weighted by Crippen LogP contribution is 2.37. The van der Waals surface area contributed by atoms with Crippen molar-refractivity contribution in [1.29, 1.82) is 0 Å². The number of ether oxygens (including phenoxy) is 1. The molecule has 4 nitrogen and oxygen atoms in total. The first-order valence-corrected chi connectivity index (χ1v) is 12.6. The average Bonchev–Trinajstić information content (AvgIpc) is 3.21. The Morgan fingerprint density at radius 2 is 1.71 bits per heavy atom. The third kappa shape index (κ3) is 4.36. The number of halogens is 1. The number of fused-ring (bicyclic) bond motifs is 1. The van der Waals surface area contributed by atoms with Crippen molar-refractivity contribution >= 4 is 22.5 Å². The van der Waals surface area contributed by atoms with Crippen LogP contribution >= 0.6 is 11.6 Å². The van der Waals surface area contributed by atoms with Gasteiger partial charge in [-0.15, -0.1) is 0 Å². The van der Waals surface area contributed by atoms with Crippen LogP contribution < -0.4 is 4.74 Å². The smallest absolute Gasteiger partial charge is 0.119 e. The minimum absolute atomic E-state index is 0.681. The van der Waals surface area contributed by atoms with Crippen molar-refractivity contribution < 1.29 is 4.74 Å². The minimum Gasteiger partial charge on any atom is -0.494 e. The van der Waals surface area contributed by atoms with Crippen LogP contribution in [0.3, 0.4) is 0 Å². The number of benzene rings is 2. The first-order chi connectivity index (χ1) is 16.2. The molecule has 0 saturated carbocycles. The van der Waals surface area contributed by atoms with Crippen LogP contribution in [0.4, 0.5) is 0 Å². The summed E-state index contributed by atoms with van der Waals surface area (Å²) in [6, 6.07) is 10.8. The van der Waals surface area contributed by atoms with Gasteiger partial charge >= 0.3 is 0 Å². The molecular weight excluding hydrogens is 442 g/mol. The topological polar surface area (TPSA) is 32.0 Å². The second kappa shape index (κ2) is 9.87. The number of hydrogen-bond acceptors (Lipinski definition) is 2. The van der Waals surface area contributed by atoms with Gasteiger partial charge in [-0.25, -0.2) is 0 Å². The summed E-state index contributed by atoms with van der Waals surface area (Å²) in [5, 5.41) is 6.86. The number of aromatic nitrogens is 3. The Labute approximate surface area is 208 Å². The Morgan fingerprint density at radius 1 is 1.00 bits per heavy atom. The van der Waals surface area contributed by atoms with Crippen LogP contribution in [0.15, 0.2) is 30.3 Å². The van der Waals surface area contributed by atoms with Gasteiger partial charge in [-0.3, -0.25) is 4.68 Å². The van der Waals surface area contributed by atoms with Crippen molar-refractivity contribution in [2.45, 2.75) is 67.3 Å². The van der Waals surface area contributed by atoms with Crippen molar-refractivity contribution in [2.24, 2.45) is 7.05 Å². The third-order valence-corrected chi connectivity index (χ3v) is 7.54. The minimum atomic E-state index is 0.681. The monoisotopic (exact) mass is 477 g/mol. The lowest BCUT2D eigenvalue weighted by atomic mass is 9.98. The lowest BCUT2D eigenvalue weighted by Gasteiger charge is -2.11. The molecular formula is C29H36ClN3O. The summed E-state index contributed by atoms with van der Waals surface area (Å²) in [4.78, 5) is 0. The fourth-order valence-electron chi connectivity index (χ4n) is 5.22. The third-order valence-electron chi connectivity index (χ3n) is 6.95. The molecule has 0 aliphatic carbocycles. The molecule has 34 heavy (non-hydrogen) atoms. The van der Waals surface area contributed by atoms with Gasteiger partial charge in [-0.1, -0.05) is 36.7 Å². The Kier molecular flexibility index (Phi) is 7.09. The molecule has 0 aliphatic heterocycles. The van der Waals surface area contributed by atoms with Crippen molar-refractivity contribution in [3.8, 4) is 16.9 Å². The number of nitrogens with zero attached hydrogens (tertiary/aromatic N) is 3. The first-order valence-electron chi connectivity index (χ1n) is 12.2. The van der Waals surface area contributed by atoms with E-state index in [0.29, 0.717) is 6.61 Å². The van der Waals surface area contributed by atoms with Crippen LogP contribution in [0.25, 0.3) is 22.0 Å². The summed E-state index contributed by atoms with van der Waals surface area (Å²) in [6.07, 6.45) is 3.04. The van der Waals surface area contributed by atoms with E-state index in [9.17, 15) is 0 Å². The van der Waals surface area contributed by atoms with Crippen LogP contribution in [0.2, 0.25) is 5.02 Å². The molecule has 2 heterocycles.